The van der Waals surface area contributed by atoms with Gasteiger partial charge in [-0.25, -0.2) is 9.50 Å². The topological polar surface area (TPSA) is 92.5 Å². The van der Waals surface area contributed by atoms with Gasteiger partial charge in [0.15, 0.2) is 0 Å². The minimum Gasteiger partial charge on any atom is -0.324 e. The van der Waals surface area contributed by atoms with Crippen LogP contribution in [0.3, 0.4) is 0 Å². The summed E-state index contributed by atoms with van der Waals surface area (Å²) < 4.78 is 1.67. The number of fused-ring (bicyclic) bond motifs is 2. The highest BCUT2D eigenvalue weighted by atomic mass is 32.2. The van der Waals surface area contributed by atoms with Gasteiger partial charge < -0.3 is 10.2 Å². The molecule has 1 N–H and O–H groups in total. The van der Waals surface area contributed by atoms with Gasteiger partial charge in [0.1, 0.15) is 0 Å². The lowest BCUT2D eigenvalue weighted by molar-refractivity contribution is -0.117. The molecule has 0 fully saturated rings. The number of hydrogen-bond donors (Lipinski definition) is 1. The lowest BCUT2D eigenvalue weighted by Crippen LogP contribution is -2.40. The quantitative estimate of drug-likeness (QED) is 0.684. The summed E-state index contributed by atoms with van der Waals surface area (Å²) in [5, 5.41) is 7.80. The molecule has 8 nitrogen and oxygen atoms in total. The second kappa shape index (κ2) is 7.23. The number of carbonyl (C=O) groups is 2. The van der Waals surface area contributed by atoms with Gasteiger partial charge in [-0.3, -0.25) is 9.59 Å². The Labute approximate surface area is 166 Å². The van der Waals surface area contributed by atoms with Gasteiger partial charge in [-0.05, 0) is 39.0 Å². The maximum atomic E-state index is 13.0. The van der Waals surface area contributed by atoms with Crippen LogP contribution < -0.4 is 10.2 Å². The van der Waals surface area contributed by atoms with Crippen LogP contribution in [0.2, 0.25) is 0 Å². The van der Waals surface area contributed by atoms with Crippen LogP contribution in [0.15, 0.2) is 35.5 Å². The van der Waals surface area contributed by atoms with Crippen molar-refractivity contribution in [3.8, 4) is 0 Å². The molecule has 0 bridgehead atoms. The first-order chi connectivity index (χ1) is 13.4. The Morgan fingerprint density at radius 1 is 1.29 bits per heavy atom. The monoisotopic (exact) mass is 396 g/mol. The number of rotatable bonds is 3. The highest BCUT2D eigenvalue weighted by Gasteiger charge is 2.29. The number of carbonyl (C=O) groups excluding carboxylic acids is 2. The third-order valence-corrected chi connectivity index (χ3v) is 5.37. The van der Waals surface area contributed by atoms with Gasteiger partial charge in [-0.2, -0.15) is 4.98 Å². The van der Waals surface area contributed by atoms with E-state index in [4.69, 9.17) is 0 Å². The number of aromatic nitrogens is 4. The van der Waals surface area contributed by atoms with Crippen molar-refractivity contribution in [2.75, 3.05) is 16.0 Å². The molecule has 9 heteroatoms. The van der Waals surface area contributed by atoms with Gasteiger partial charge >= 0.3 is 0 Å². The first-order valence-corrected chi connectivity index (χ1v) is 9.95. The lowest BCUT2D eigenvalue weighted by atomic mass is 10.2. The molecule has 1 aromatic carbocycles. The van der Waals surface area contributed by atoms with E-state index in [0.29, 0.717) is 22.3 Å². The number of aryl methyl sites for hydroxylation is 2. The molecule has 1 aliphatic rings. The number of thioether (sulfide) groups is 1. The third kappa shape index (κ3) is 3.45. The molecule has 144 valence electrons. The molecule has 4 rings (SSSR count). The second-order valence-corrected chi connectivity index (χ2v) is 7.76. The molecule has 0 radical (unpaired) electrons. The van der Waals surface area contributed by atoms with Gasteiger partial charge in [0.05, 0.1) is 17.1 Å². The summed E-state index contributed by atoms with van der Waals surface area (Å²) in [5.74, 6) is 0.501. The normalized spacial score (nSPS) is 16.6. The van der Waals surface area contributed by atoms with Crippen molar-refractivity contribution in [1.82, 2.24) is 19.6 Å². The molecule has 28 heavy (non-hydrogen) atoms. The zero-order valence-electron chi connectivity index (χ0n) is 15.8. The molecule has 1 aliphatic heterocycles. The summed E-state index contributed by atoms with van der Waals surface area (Å²) in [7, 11) is 0. The third-order valence-electron chi connectivity index (χ3n) is 4.55. The Kier molecular flexibility index (Phi) is 4.76. The SMILES string of the molecule is Cc1cc(C)n2nc(SCC(=O)N3c4ccccc4NC(=O)CC3C)nc2n1. The number of anilines is 2. The van der Waals surface area contributed by atoms with E-state index in [1.165, 1.54) is 11.8 Å². The maximum Gasteiger partial charge on any atom is 0.253 e. The smallest absolute Gasteiger partial charge is 0.253 e. The molecule has 2 aromatic heterocycles. The Bertz CT molecular complexity index is 1080. The predicted octanol–water partition coefficient (Wildman–Crippen LogP) is 2.60. The fourth-order valence-electron chi connectivity index (χ4n) is 3.37. The fraction of sp³-hybridized carbons (Fsp3) is 0.316. The van der Waals surface area contributed by atoms with Crippen LogP contribution in [-0.4, -0.2) is 43.2 Å². The van der Waals surface area contributed by atoms with Crippen molar-refractivity contribution in [2.24, 2.45) is 0 Å². The fourth-order valence-corrected chi connectivity index (χ4v) is 4.05. The molecule has 1 unspecified atom stereocenters. The Balaban J connectivity index is 1.56. The van der Waals surface area contributed by atoms with E-state index in [-0.39, 0.29) is 30.0 Å². The average Bonchev–Trinajstić information content (AvgIpc) is 2.99. The standard InChI is InChI=1S/C19H20N6O2S/c1-11-8-13(3)25-18(20-11)22-19(23-25)28-10-17(27)24-12(2)9-16(26)21-14-6-4-5-7-15(14)24/h4-8,12H,9-10H2,1-3H3,(H,21,26). The van der Waals surface area contributed by atoms with E-state index in [1.807, 2.05) is 45.0 Å². The molecule has 0 aliphatic carbocycles. The molecule has 3 aromatic rings. The number of hydrogen-bond acceptors (Lipinski definition) is 6. The predicted molar refractivity (Wildman–Crippen MR) is 108 cm³/mol. The number of benzene rings is 1. The van der Waals surface area contributed by atoms with Crippen LogP contribution in [-0.2, 0) is 9.59 Å². The summed E-state index contributed by atoms with van der Waals surface area (Å²) >= 11 is 1.27. The molecular formula is C19H20N6O2S. The van der Waals surface area contributed by atoms with Gasteiger partial charge in [0.25, 0.3) is 5.78 Å². The van der Waals surface area contributed by atoms with Crippen molar-refractivity contribution in [2.45, 2.75) is 38.4 Å². The highest BCUT2D eigenvalue weighted by molar-refractivity contribution is 7.99. The van der Waals surface area contributed by atoms with Gasteiger partial charge in [-0.1, -0.05) is 23.9 Å². The van der Waals surface area contributed by atoms with Crippen molar-refractivity contribution in [1.29, 1.82) is 0 Å². The van der Waals surface area contributed by atoms with Crippen LogP contribution >= 0.6 is 11.8 Å². The first kappa shape index (κ1) is 18.4. The molecule has 0 spiro atoms. The van der Waals surface area contributed by atoms with Crippen molar-refractivity contribution < 1.29 is 9.59 Å². The van der Waals surface area contributed by atoms with E-state index >= 15 is 0 Å². The molecule has 0 saturated carbocycles. The number of nitrogens with one attached hydrogen (secondary N) is 1. The van der Waals surface area contributed by atoms with E-state index < -0.39 is 0 Å². The largest absolute Gasteiger partial charge is 0.324 e. The highest BCUT2D eigenvalue weighted by Crippen LogP contribution is 2.32. The van der Waals surface area contributed by atoms with E-state index in [0.717, 1.165) is 11.4 Å². The van der Waals surface area contributed by atoms with Gasteiger partial charge in [0, 0.05) is 23.9 Å². The lowest BCUT2D eigenvalue weighted by Gasteiger charge is -2.27. The summed E-state index contributed by atoms with van der Waals surface area (Å²) in [6, 6.07) is 9.04. The minimum absolute atomic E-state index is 0.0955. The van der Waals surface area contributed by atoms with Crippen LogP contribution in [0, 0.1) is 13.8 Å². The molecule has 1 atom stereocenters. The minimum atomic E-state index is -0.239. The van der Waals surface area contributed by atoms with E-state index in [2.05, 4.69) is 20.4 Å². The zero-order valence-corrected chi connectivity index (χ0v) is 16.7. The summed E-state index contributed by atoms with van der Waals surface area (Å²) in [6.07, 6.45) is 0.250. The van der Waals surface area contributed by atoms with Crippen molar-refractivity contribution in [3.63, 3.8) is 0 Å². The average molecular weight is 396 g/mol. The van der Waals surface area contributed by atoms with Crippen LogP contribution in [0.4, 0.5) is 11.4 Å². The Morgan fingerprint density at radius 3 is 2.89 bits per heavy atom. The molecule has 3 heterocycles. The maximum absolute atomic E-state index is 13.0. The molecular weight excluding hydrogens is 376 g/mol. The first-order valence-electron chi connectivity index (χ1n) is 8.97. The Hall–Kier alpha value is -2.94. The van der Waals surface area contributed by atoms with Crippen LogP contribution in [0.5, 0.6) is 0 Å². The van der Waals surface area contributed by atoms with Gasteiger partial charge in [0.2, 0.25) is 17.0 Å². The van der Waals surface area contributed by atoms with Gasteiger partial charge in [-0.15, -0.1) is 5.10 Å². The summed E-state index contributed by atoms with van der Waals surface area (Å²) in [4.78, 5) is 35.6. The van der Waals surface area contributed by atoms with Crippen LogP contribution in [0.25, 0.3) is 5.78 Å². The number of para-hydroxylation sites is 2. The molecule has 2 amide bonds. The van der Waals surface area contributed by atoms with E-state index in [1.54, 1.807) is 15.5 Å². The van der Waals surface area contributed by atoms with Crippen LogP contribution in [0.1, 0.15) is 24.7 Å². The summed E-state index contributed by atoms with van der Waals surface area (Å²) in [6.45, 7) is 5.73. The number of nitrogens with zero attached hydrogens (tertiary/aromatic N) is 5. The Morgan fingerprint density at radius 2 is 2.07 bits per heavy atom. The van der Waals surface area contributed by atoms with Crippen molar-refractivity contribution >= 4 is 40.7 Å². The van der Waals surface area contributed by atoms with E-state index in [9.17, 15) is 9.59 Å². The summed E-state index contributed by atoms with van der Waals surface area (Å²) in [5.41, 5.74) is 3.17. The zero-order chi connectivity index (χ0) is 19.8. The second-order valence-electron chi connectivity index (χ2n) is 6.82. The van der Waals surface area contributed by atoms with Crippen molar-refractivity contribution in [3.05, 3.63) is 41.7 Å². The number of amides is 2. The molecule has 0 saturated heterocycles.